The molecule has 0 aliphatic heterocycles. The molecule has 0 fully saturated rings. The van der Waals surface area contributed by atoms with Gasteiger partial charge in [-0.1, -0.05) is 35.3 Å². The van der Waals surface area contributed by atoms with E-state index in [2.05, 4.69) is 0 Å². The van der Waals surface area contributed by atoms with Crippen LogP contribution in [0.25, 0.3) is 6.08 Å². The molecule has 134 valence electrons. The Morgan fingerprint density at radius 2 is 1.96 bits per heavy atom. The molecular formula is C16H10Cl2N2O5S. The number of sulfone groups is 1. The van der Waals surface area contributed by atoms with E-state index >= 15 is 0 Å². The van der Waals surface area contributed by atoms with E-state index in [1.165, 1.54) is 24.3 Å². The zero-order valence-electron chi connectivity index (χ0n) is 12.9. The molecule has 0 aromatic heterocycles. The Balaban J connectivity index is 2.43. The van der Waals surface area contributed by atoms with Gasteiger partial charge in [0.25, 0.3) is 0 Å². The molecule has 2 aromatic rings. The first-order valence-electron chi connectivity index (χ1n) is 6.90. The second kappa shape index (κ2) is 7.74. The topological polar surface area (TPSA) is 121 Å². The molecule has 0 atom stereocenters. The van der Waals surface area contributed by atoms with Gasteiger partial charge in [0, 0.05) is 16.1 Å². The fourth-order valence-electron chi connectivity index (χ4n) is 2.04. The molecule has 0 heterocycles. The molecule has 2 aromatic carbocycles. The van der Waals surface area contributed by atoms with Crippen molar-refractivity contribution in [3.8, 4) is 11.8 Å². The van der Waals surface area contributed by atoms with E-state index in [1.807, 2.05) is 0 Å². The van der Waals surface area contributed by atoms with Crippen LogP contribution in [0.3, 0.4) is 0 Å². The van der Waals surface area contributed by atoms with Gasteiger partial charge in [-0.2, -0.15) is 5.26 Å². The average molecular weight is 413 g/mol. The standard InChI is InChI=1S/C16H10Cl2N2O5S/c17-12-3-2-11(14(18)7-12)9-26(24,25)13(8-19)5-10-1-4-16(21)15(6-10)20(22)23/h1-7,21H,9H2/b13-5+. The van der Waals surface area contributed by atoms with Crippen molar-refractivity contribution in [3.05, 3.63) is 72.6 Å². The Morgan fingerprint density at radius 1 is 1.27 bits per heavy atom. The maximum Gasteiger partial charge on any atom is 0.311 e. The molecule has 0 unspecified atom stereocenters. The predicted octanol–water partition coefficient (Wildman–Crippen LogP) is 4.09. The maximum atomic E-state index is 12.5. The van der Waals surface area contributed by atoms with Crippen LogP contribution in [0.4, 0.5) is 5.69 Å². The lowest BCUT2D eigenvalue weighted by Gasteiger charge is -2.06. The number of phenolic OH excluding ortho intramolecular Hbond substituents is 1. The fraction of sp³-hybridized carbons (Fsp3) is 0.0625. The van der Waals surface area contributed by atoms with E-state index in [0.29, 0.717) is 5.02 Å². The monoisotopic (exact) mass is 412 g/mol. The number of nitrogens with zero attached hydrogens (tertiary/aromatic N) is 2. The molecule has 26 heavy (non-hydrogen) atoms. The van der Waals surface area contributed by atoms with Crippen molar-refractivity contribution in [2.24, 2.45) is 0 Å². The number of hydrogen-bond acceptors (Lipinski definition) is 6. The summed E-state index contributed by atoms with van der Waals surface area (Å²) in [4.78, 5) is 9.44. The Morgan fingerprint density at radius 3 is 2.54 bits per heavy atom. The number of nitro benzene ring substituents is 1. The lowest BCUT2D eigenvalue weighted by Crippen LogP contribution is -2.07. The molecule has 0 bridgehead atoms. The van der Waals surface area contributed by atoms with Crippen LogP contribution in [0.5, 0.6) is 5.75 Å². The third kappa shape index (κ3) is 4.52. The normalized spacial score (nSPS) is 11.8. The number of nitro groups is 1. The van der Waals surface area contributed by atoms with Crippen molar-refractivity contribution in [1.29, 1.82) is 5.26 Å². The Kier molecular flexibility index (Phi) is 5.87. The lowest BCUT2D eigenvalue weighted by atomic mass is 10.2. The van der Waals surface area contributed by atoms with Crippen LogP contribution in [0.15, 0.2) is 41.3 Å². The van der Waals surface area contributed by atoms with Crippen LogP contribution in [0, 0.1) is 21.4 Å². The van der Waals surface area contributed by atoms with E-state index < -0.39 is 36.9 Å². The predicted molar refractivity (Wildman–Crippen MR) is 97.4 cm³/mol. The van der Waals surface area contributed by atoms with Crippen molar-refractivity contribution in [3.63, 3.8) is 0 Å². The zero-order chi connectivity index (χ0) is 19.5. The van der Waals surface area contributed by atoms with Crippen LogP contribution in [-0.4, -0.2) is 18.4 Å². The van der Waals surface area contributed by atoms with Gasteiger partial charge in [-0.05, 0) is 35.4 Å². The number of benzene rings is 2. The van der Waals surface area contributed by atoms with Gasteiger partial charge < -0.3 is 5.11 Å². The molecule has 1 N–H and O–H groups in total. The van der Waals surface area contributed by atoms with E-state index in [9.17, 15) is 28.9 Å². The van der Waals surface area contributed by atoms with Crippen molar-refractivity contribution in [2.45, 2.75) is 5.75 Å². The van der Waals surface area contributed by atoms with E-state index in [-0.39, 0.29) is 16.1 Å². The summed E-state index contributed by atoms with van der Waals surface area (Å²) in [5.41, 5.74) is -0.264. The highest BCUT2D eigenvalue weighted by Gasteiger charge is 2.21. The highest BCUT2D eigenvalue weighted by Crippen LogP contribution is 2.29. The molecule has 0 saturated carbocycles. The third-order valence-electron chi connectivity index (χ3n) is 3.30. The SMILES string of the molecule is N#C/C(=C\c1ccc(O)c([N+](=O)[O-])c1)S(=O)(=O)Cc1ccc(Cl)cc1Cl. The average Bonchev–Trinajstić information content (AvgIpc) is 2.56. The number of phenols is 1. The largest absolute Gasteiger partial charge is 0.502 e. The summed E-state index contributed by atoms with van der Waals surface area (Å²) >= 11 is 11.7. The van der Waals surface area contributed by atoms with Crippen molar-refractivity contribution in [1.82, 2.24) is 0 Å². The molecular weight excluding hydrogens is 403 g/mol. The summed E-state index contributed by atoms with van der Waals surface area (Å²) in [6.45, 7) is 0. The molecule has 7 nitrogen and oxygen atoms in total. The second-order valence-corrected chi connectivity index (χ2v) is 7.92. The van der Waals surface area contributed by atoms with E-state index in [0.717, 1.165) is 18.2 Å². The van der Waals surface area contributed by atoms with Crippen molar-refractivity contribution in [2.75, 3.05) is 0 Å². The van der Waals surface area contributed by atoms with Crippen LogP contribution in [0.1, 0.15) is 11.1 Å². The molecule has 0 saturated heterocycles. The fourth-order valence-corrected chi connectivity index (χ4v) is 3.87. The number of hydrogen-bond donors (Lipinski definition) is 1. The quantitative estimate of drug-likeness (QED) is 0.448. The summed E-state index contributed by atoms with van der Waals surface area (Å²) in [5, 5.41) is 30.0. The van der Waals surface area contributed by atoms with Gasteiger partial charge in [0.15, 0.2) is 15.6 Å². The van der Waals surface area contributed by atoms with Crippen molar-refractivity contribution >= 4 is 44.8 Å². The lowest BCUT2D eigenvalue weighted by molar-refractivity contribution is -0.385. The Labute approximate surface area is 158 Å². The summed E-state index contributed by atoms with van der Waals surface area (Å²) < 4.78 is 25.0. The van der Waals surface area contributed by atoms with E-state index in [4.69, 9.17) is 23.2 Å². The number of nitriles is 1. The summed E-state index contributed by atoms with van der Waals surface area (Å²) in [5.74, 6) is -1.11. The van der Waals surface area contributed by atoms with Gasteiger partial charge in [-0.25, -0.2) is 8.42 Å². The van der Waals surface area contributed by atoms with Crippen LogP contribution < -0.4 is 0 Å². The van der Waals surface area contributed by atoms with Gasteiger partial charge in [-0.15, -0.1) is 0 Å². The maximum absolute atomic E-state index is 12.5. The molecule has 0 aliphatic rings. The molecule has 0 spiro atoms. The number of aromatic hydroxyl groups is 1. The summed E-state index contributed by atoms with van der Waals surface area (Å²) in [7, 11) is -4.06. The molecule has 2 rings (SSSR count). The molecule has 0 aliphatic carbocycles. The highest BCUT2D eigenvalue weighted by molar-refractivity contribution is 7.95. The van der Waals surface area contributed by atoms with Crippen LogP contribution in [0.2, 0.25) is 10.0 Å². The first-order valence-corrected chi connectivity index (χ1v) is 9.31. The number of allylic oxidation sites excluding steroid dienone is 1. The van der Waals surface area contributed by atoms with Gasteiger partial charge in [0.2, 0.25) is 0 Å². The minimum absolute atomic E-state index is 0.0804. The van der Waals surface area contributed by atoms with Crippen LogP contribution in [-0.2, 0) is 15.6 Å². The molecule has 0 amide bonds. The van der Waals surface area contributed by atoms with Gasteiger partial charge in [0.1, 0.15) is 11.0 Å². The van der Waals surface area contributed by atoms with E-state index in [1.54, 1.807) is 6.07 Å². The first-order chi connectivity index (χ1) is 12.1. The van der Waals surface area contributed by atoms with Crippen LogP contribution >= 0.6 is 23.2 Å². The molecule has 10 heteroatoms. The van der Waals surface area contributed by atoms with Gasteiger partial charge >= 0.3 is 5.69 Å². The number of rotatable bonds is 5. The second-order valence-electron chi connectivity index (χ2n) is 5.12. The highest BCUT2D eigenvalue weighted by atomic mass is 35.5. The minimum Gasteiger partial charge on any atom is -0.502 e. The first kappa shape index (κ1) is 19.7. The Hall–Kier alpha value is -2.60. The van der Waals surface area contributed by atoms with Gasteiger partial charge in [0.05, 0.1) is 10.7 Å². The summed E-state index contributed by atoms with van der Waals surface area (Å²) in [6, 6.07) is 9.13. The third-order valence-corrected chi connectivity index (χ3v) is 5.46. The molecule has 0 radical (unpaired) electrons. The van der Waals surface area contributed by atoms with Crippen molar-refractivity contribution < 1.29 is 18.4 Å². The minimum atomic E-state index is -4.06. The van der Waals surface area contributed by atoms with Gasteiger partial charge in [-0.3, -0.25) is 10.1 Å². The number of halogens is 2. The Bertz CT molecular complexity index is 1060. The smallest absolute Gasteiger partial charge is 0.311 e. The zero-order valence-corrected chi connectivity index (χ0v) is 15.2. The summed E-state index contributed by atoms with van der Waals surface area (Å²) in [6.07, 6.45) is 0.992.